The van der Waals surface area contributed by atoms with Crippen LogP contribution in [-0.4, -0.2) is 35.5 Å². The Hall–Kier alpha value is -1.59. The normalized spacial score (nSPS) is 14.0. The molecular weight excluding hydrogens is 248 g/mol. The van der Waals surface area contributed by atoms with Crippen LogP contribution in [0.2, 0.25) is 0 Å². The molecule has 3 N–H and O–H groups in total. The number of nitrogens with one attached hydrogen (secondary N) is 2. The number of rotatable bonds is 8. The lowest BCUT2D eigenvalue weighted by Crippen LogP contribution is -2.50. The Morgan fingerprint density at radius 3 is 1.95 bits per heavy atom. The first kappa shape index (κ1) is 17.4. The molecule has 0 fully saturated rings. The van der Waals surface area contributed by atoms with E-state index in [-0.39, 0.29) is 11.8 Å². The monoisotopic (exact) mass is 272 g/mol. The highest BCUT2D eigenvalue weighted by Crippen LogP contribution is 2.07. The fourth-order valence-corrected chi connectivity index (χ4v) is 1.79. The third kappa shape index (κ3) is 8.18. The third-order valence-corrected chi connectivity index (χ3v) is 2.54. The van der Waals surface area contributed by atoms with Gasteiger partial charge in [0.05, 0.1) is 6.04 Å². The van der Waals surface area contributed by atoms with Gasteiger partial charge in [-0.05, 0) is 24.7 Å². The summed E-state index contributed by atoms with van der Waals surface area (Å²) in [5.74, 6) is -0.0114. The van der Waals surface area contributed by atoms with Crippen molar-refractivity contribution in [2.24, 2.45) is 11.8 Å². The van der Waals surface area contributed by atoms with Crippen LogP contribution >= 0.6 is 0 Å². The minimum atomic E-state index is -1.24. The summed E-state index contributed by atoms with van der Waals surface area (Å²) in [5.41, 5.74) is 0. The molecule has 110 valence electrons. The van der Waals surface area contributed by atoms with Crippen molar-refractivity contribution in [2.75, 3.05) is 0 Å². The van der Waals surface area contributed by atoms with Crippen LogP contribution < -0.4 is 10.6 Å². The smallest absolute Gasteiger partial charge is 0.405 e. The van der Waals surface area contributed by atoms with Gasteiger partial charge in [0.15, 0.2) is 0 Å². The molecule has 0 heterocycles. The summed E-state index contributed by atoms with van der Waals surface area (Å²) in [7, 11) is 0. The maximum Gasteiger partial charge on any atom is 0.405 e. The van der Waals surface area contributed by atoms with E-state index in [1.807, 2.05) is 27.7 Å². The van der Waals surface area contributed by atoms with Crippen LogP contribution in [0.25, 0.3) is 0 Å². The Labute approximate surface area is 113 Å². The molecule has 0 saturated carbocycles. The van der Waals surface area contributed by atoms with Crippen molar-refractivity contribution in [3.8, 4) is 0 Å². The second kappa shape index (κ2) is 8.50. The molecule has 0 aromatic heterocycles. The zero-order chi connectivity index (χ0) is 15.0. The second-order valence-corrected chi connectivity index (χ2v) is 5.51. The summed E-state index contributed by atoms with van der Waals surface area (Å²) in [6, 6.07) is -1.40. The molecule has 0 radical (unpaired) electrons. The van der Waals surface area contributed by atoms with Gasteiger partial charge in [-0.1, -0.05) is 27.7 Å². The van der Waals surface area contributed by atoms with Gasteiger partial charge in [-0.25, -0.2) is 4.79 Å². The number of amides is 2. The van der Waals surface area contributed by atoms with Gasteiger partial charge in [0, 0.05) is 0 Å². The van der Waals surface area contributed by atoms with Crippen molar-refractivity contribution in [1.29, 1.82) is 0 Å². The Morgan fingerprint density at radius 2 is 1.58 bits per heavy atom. The third-order valence-electron chi connectivity index (χ3n) is 2.54. The molecule has 0 aliphatic heterocycles. The van der Waals surface area contributed by atoms with Crippen LogP contribution in [0.15, 0.2) is 0 Å². The van der Waals surface area contributed by atoms with Crippen molar-refractivity contribution in [2.45, 2.75) is 52.6 Å². The lowest BCUT2D eigenvalue weighted by molar-refractivity contribution is -0.126. The van der Waals surface area contributed by atoms with Gasteiger partial charge in [-0.15, -0.1) is 0 Å². The lowest BCUT2D eigenvalue weighted by atomic mass is 10.0. The first-order valence-corrected chi connectivity index (χ1v) is 6.51. The van der Waals surface area contributed by atoms with Crippen molar-refractivity contribution < 1.29 is 19.5 Å². The molecule has 0 saturated heterocycles. The molecule has 0 spiro atoms. The minimum Gasteiger partial charge on any atom is -0.465 e. The van der Waals surface area contributed by atoms with Gasteiger partial charge >= 0.3 is 6.09 Å². The van der Waals surface area contributed by atoms with E-state index in [2.05, 4.69) is 10.6 Å². The summed E-state index contributed by atoms with van der Waals surface area (Å²) >= 11 is 0. The molecule has 6 heteroatoms. The molecule has 0 aromatic rings. The number of aldehydes is 1. The summed E-state index contributed by atoms with van der Waals surface area (Å²) in [6.07, 6.45) is 0.375. The van der Waals surface area contributed by atoms with E-state index in [1.165, 1.54) is 0 Å². The van der Waals surface area contributed by atoms with Crippen LogP contribution in [-0.2, 0) is 9.59 Å². The average molecular weight is 272 g/mol. The molecule has 0 rings (SSSR count). The molecule has 19 heavy (non-hydrogen) atoms. The first-order chi connectivity index (χ1) is 8.76. The van der Waals surface area contributed by atoms with Crippen LogP contribution in [0, 0.1) is 11.8 Å². The Morgan fingerprint density at radius 1 is 1.05 bits per heavy atom. The fraction of sp³-hybridized carbons (Fsp3) is 0.769. The highest BCUT2D eigenvalue weighted by Gasteiger charge is 2.24. The number of carboxylic acid groups (broad SMARTS) is 1. The second-order valence-electron chi connectivity index (χ2n) is 5.51. The summed E-state index contributed by atoms with van der Waals surface area (Å²) in [6.45, 7) is 7.69. The Kier molecular flexibility index (Phi) is 7.79. The van der Waals surface area contributed by atoms with Crippen LogP contribution in [0.3, 0.4) is 0 Å². The van der Waals surface area contributed by atoms with E-state index in [0.29, 0.717) is 19.1 Å². The summed E-state index contributed by atoms with van der Waals surface area (Å²) < 4.78 is 0. The van der Waals surface area contributed by atoms with E-state index in [0.717, 1.165) is 0 Å². The number of hydrogen-bond acceptors (Lipinski definition) is 3. The topological polar surface area (TPSA) is 95.5 Å². The average Bonchev–Trinajstić information content (AvgIpc) is 2.25. The zero-order valence-electron chi connectivity index (χ0n) is 12.0. The van der Waals surface area contributed by atoms with E-state index >= 15 is 0 Å². The van der Waals surface area contributed by atoms with Crippen molar-refractivity contribution in [1.82, 2.24) is 10.6 Å². The van der Waals surface area contributed by atoms with Gasteiger partial charge in [0.1, 0.15) is 12.3 Å². The first-order valence-electron chi connectivity index (χ1n) is 6.51. The van der Waals surface area contributed by atoms with Crippen LogP contribution in [0.5, 0.6) is 0 Å². The number of hydrogen-bond donors (Lipinski definition) is 3. The minimum absolute atomic E-state index is 0.169. The van der Waals surface area contributed by atoms with E-state index in [9.17, 15) is 14.4 Å². The number of carbonyl (C=O) groups is 3. The fourth-order valence-electron chi connectivity index (χ4n) is 1.79. The maximum atomic E-state index is 12.0. The molecule has 0 aliphatic carbocycles. The number of carbonyl (C=O) groups excluding carboxylic acids is 2. The van der Waals surface area contributed by atoms with Gasteiger partial charge in [0.25, 0.3) is 0 Å². The summed E-state index contributed by atoms with van der Waals surface area (Å²) in [5, 5.41) is 13.5. The summed E-state index contributed by atoms with van der Waals surface area (Å²) in [4.78, 5) is 33.5. The quantitative estimate of drug-likeness (QED) is 0.582. The molecule has 2 atom stereocenters. The molecule has 2 amide bonds. The van der Waals surface area contributed by atoms with Gasteiger partial charge in [-0.3, -0.25) is 4.79 Å². The van der Waals surface area contributed by atoms with Crippen molar-refractivity contribution in [3.05, 3.63) is 0 Å². The Balaban J connectivity index is 4.59. The highest BCUT2D eigenvalue weighted by molar-refractivity contribution is 5.87. The molecule has 0 unspecified atom stereocenters. The van der Waals surface area contributed by atoms with Crippen LogP contribution in [0.4, 0.5) is 4.79 Å². The standard InChI is InChI=1S/C13H24N2O4/c1-8(2)5-10(7-16)14-12(17)11(6-9(3)4)15-13(18)19/h7-11,15H,5-6H2,1-4H3,(H,14,17)(H,18,19)/t10-,11-/m0/s1. The van der Waals surface area contributed by atoms with E-state index < -0.39 is 24.1 Å². The van der Waals surface area contributed by atoms with Crippen molar-refractivity contribution in [3.63, 3.8) is 0 Å². The van der Waals surface area contributed by atoms with Gasteiger partial charge in [-0.2, -0.15) is 0 Å². The molecular formula is C13H24N2O4. The highest BCUT2D eigenvalue weighted by atomic mass is 16.4. The van der Waals surface area contributed by atoms with Gasteiger partial charge in [0.2, 0.25) is 5.91 Å². The molecule has 0 bridgehead atoms. The van der Waals surface area contributed by atoms with Gasteiger partial charge < -0.3 is 20.5 Å². The largest absolute Gasteiger partial charge is 0.465 e. The van der Waals surface area contributed by atoms with E-state index in [4.69, 9.17) is 5.11 Å². The predicted molar refractivity (Wildman–Crippen MR) is 71.9 cm³/mol. The van der Waals surface area contributed by atoms with Crippen LogP contribution in [0.1, 0.15) is 40.5 Å². The maximum absolute atomic E-state index is 12.0. The molecule has 0 aliphatic rings. The SMILES string of the molecule is CC(C)C[C@@H](C=O)NC(=O)[C@H](CC(C)C)NC(=O)O. The van der Waals surface area contributed by atoms with E-state index in [1.54, 1.807) is 0 Å². The van der Waals surface area contributed by atoms with Crippen molar-refractivity contribution >= 4 is 18.3 Å². The Bertz CT molecular complexity index is 316. The molecule has 0 aromatic carbocycles. The predicted octanol–water partition coefficient (Wildman–Crippen LogP) is 1.40. The zero-order valence-corrected chi connectivity index (χ0v) is 12.0. The molecule has 6 nitrogen and oxygen atoms in total. The lowest BCUT2D eigenvalue weighted by Gasteiger charge is -2.21.